The van der Waals surface area contributed by atoms with Crippen molar-refractivity contribution in [1.29, 1.82) is 0 Å². The molecule has 0 heterocycles. The van der Waals surface area contributed by atoms with Crippen LogP contribution in [0.2, 0.25) is 0 Å². The fraction of sp³-hybridized carbons (Fsp3) is 0.500. The topological polar surface area (TPSA) is 21.3 Å². The summed E-state index contributed by atoms with van der Waals surface area (Å²) in [5.74, 6) is 3.59. The Labute approximate surface area is 242 Å². The zero-order chi connectivity index (χ0) is 27.6. The van der Waals surface area contributed by atoms with Gasteiger partial charge in [0.05, 0.1) is 12.9 Å². The van der Waals surface area contributed by atoms with E-state index >= 15 is 0 Å². The van der Waals surface area contributed by atoms with Gasteiger partial charge in [0.2, 0.25) is 0 Å². The van der Waals surface area contributed by atoms with Gasteiger partial charge in [-0.2, -0.15) is 11.8 Å². The Morgan fingerprint density at radius 3 is 2.72 bits per heavy atom. The van der Waals surface area contributed by atoms with E-state index in [4.69, 9.17) is 4.74 Å². The number of hydrogen-bond acceptors (Lipinski definition) is 3. The standard InChI is InChI=1S/C36H49NOS/c1-6-27-20-31(21-28(7-2)24-33(23-27)38-4)35-25-32(18-17-26(35)3)37-36-16-11-14-30-22-29(12-8-9-19-39-5)13-10-15-34(30)36/h11,14,16-18,20-21,23,25,27,29,37H,6-10,12-13,15,19,22,24H2,1-5H3. The van der Waals surface area contributed by atoms with E-state index in [1.165, 1.54) is 89.9 Å². The van der Waals surface area contributed by atoms with Crippen LogP contribution in [0.4, 0.5) is 11.4 Å². The molecule has 0 saturated carbocycles. The second-order valence-electron chi connectivity index (χ2n) is 11.4. The minimum atomic E-state index is 0.374. The van der Waals surface area contributed by atoms with Crippen LogP contribution in [-0.2, 0) is 17.6 Å². The van der Waals surface area contributed by atoms with Crippen LogP contribution in [0.5, 0.6) is 0 Å². The largest absolute Gasteiger partial charge is 0.501 e. The molecule has 2 aliphatic carbocycles. The number of anilines is 2. The fourth-order valence-electron chi connectivity index (χ4n) is 6.20. The zero-order valence-corrected chi connectivity index (χ0v) is 25.8. The molecule has 2 unspecified atom stereocenters. The van der Waals surface area contributed by atoms with E-state index in [-0.39, 0.29) is 0 Å². The first-order chi connectivity index (χ1) is 19.0. The molecule has 3 heteroatoms. The first kappa shape index (κ1) is 29.6. The van der Waals surface area contributed by atoms with Crippen LogP contribution < -0.4 is 5.32 Å². The number of hydrogen-bond donors (Lipinski definition) is 1. The van der Waals surface area contributed by atoms with E-state index in [0.29, 0.717) is 5.92 Å². The van der Waals surface area contributed by atoms with E-state index in [0.717, 1.165) is 30.9 Å². The lowest BCUT2D eigenvalue weighted by Crippen LogP contribution is -2.05. The summed E-state index contributed by atoms with van der Waals surface area (Å²) in [6.45, 7) is 6.75. The maximum atomic E-state index is 5.71. The number of aryl methyl sites for hydroxylation is 1. The van der Waals surface area contributed by atoms with E-state index in [9.17, 15) is 0 Å². The third kappa shape index (κ3) is 8.07. The maximum Gasteiger partial charge on any atom is 0.0962 e. The molecule has 39 heavy (non-hydrogen) atoms. The first-order valence-corrected chi connectivity index (χ1v) is 16.6. The molecule has 0 amide bonds. The van der Waals surface area contributed by atoms with Crippen LogP contribution in [0.1, 0.15) is 87.5 Å². The molecule has 2 aromatic carbocycles. The summed E-state index contributed by atoms with van der Waals surface area (Å²) in [4.78, 5) is 0. The minimum absolute atomic E-state index is 0.374. The maximum absolute atomic E-state index is 5.71. The third-order valence-electron chi connectivity index (χ3n) is 8.60. The summed E-state index contributed by atoms with van der Waals surface area (Å²) in [5.41, 5.74) is 11.0. The molecule has 2 aliphatic rings. The number of allylic oxidation sites excluding steroid dienone is 5. The molecule has 2 nitrogen and oxygen atoms in total. The minimum Gasteiger partial charge on any atom is -0.501 e. The molecule has 2 atom stereocenters. The van der Waals surface area contributed by atoms with Crippen molar-refractivity contribution in [2.45, 2.75) is 85.0 Å². The molecular formula is C36H49NOS. The Hall–Kier alpha value is -2.39. The van der Waals surface area contributed by atoms with Crippen LogP contribution in [0.3, 0.4) is 0 Å². The van der Waals surface area contributed by atoms with Gasteiger partial charge in [-0.15, -0.1) is 0 Å². The average molecular weight is 544 g/mol. The van der Waals surface area contributed by atoms with Crippen molar-refractivity contribution in [2.75, 3.05) is 24.4 Å². The number of rotatable bonds is 11. The summed E-state index contributed by atoms with van der Waals surface area (Å²) in [6.07, 6.45) is 21.5. The van der Waals surface area contributed by atoms with E-state index in [1.807, 2.05) is 11.8 Å². The molecule has 0 aromatic heterocycles. The van der Waals surface area contributed by atoms with Gasteiger partial charge in [0, 0.05) is 17.8 Å². The van der Waals surface area contributed by atoms with Crippen molar-refractivity contribution in [3.8, 4) is 0 Å². The molecule has 210 valence electrons. The van der Waals surface area contributed by atoms with Crippen LogP contribution in [0, 0.1) is 18.8 Å². The van der Waals surface area contributed by atoms with Gasteiger partial charge in [0.1, 0.15) is 0 Å². The summed E-state index contributed by atoms with van der Waals surface area (Å²) >= 11 is 1.98. The predicted molar refractivity (Wildman–Crippen MR) is 173 cm³/mol. The number of nitrogens with one attached hydrogen (secondary N) is 1. The first-order valence-electron chi connectivity index (χ1n) is 15.2. The van der Waals surface area contributed by atoms with Crippen molar-refractivity contribution < 1.29 is 4.74 Å². The van der Waals surface area contributed by atoms with E-state index in [1.54, 1.807) is 12.7 Å². The smallest absolute Gasteiger partial charge is 0.0962 e. The van der Waals surface area contributed by atoms with Crippen molar-refractivity contribution in [3.63, 3.8) is 0 Å². The quantitative estimate of drug-likeness (QED) is 0.225. The monoisotopic (exact) mass is 543 g/mol. The van der Waals surface area contributed by atoms with Gasteiger partial charge in [-0.25, -0.2) is 0 Å². The number of fused-ring (bicyclic) bond motifs is 1. The van der Waals surface area contributed by atoms with Gasteiger partial charge in [0.15, 0.2) is 0 Å². The molecule has 0 aliphatic heterocycles. The number of methoxy groups -OCH3 is 1. The lowest BCUT2D eigenvalue weighted by Gasteiger charge is -2.20. The lowest BCUT2D eigenvalue weighted by atomic mass is 9.89. The van der Waals surface area contributed by atoms with Crippen molar-refractivity contribution in [3.05, 3.63) is 88.2 Å². The van der Waals surface area contributed by atoms with Gasteiger partial charge < -0.3 is 10.1 Å². The van der Waals surface area contributed by atoms with Crippen molar-refractivity contribution in [1.82, 2.24) is 0 Å². The number of benzene rings is 2. The Bertz CT molecular complexity index is 1190. The highest BCUT2D eigenvalue weighted by Gasteiger charge is 2.19. The summed E-state index contributed by atoms with van der Waals surface area (Å²) < 4.78 is 5.71. The molecule has 4 rings (SSSR count). The Morgan fingerprint density at radius 2 is 1.95 bits per heavy atom. The second-order valence-corrected chi connectivity index (χ2v) is 12.4. The zero-order valence-electron chi connectivity index (χ0n) is 24.9. The van der Waals surface area contributed by atoms with Crippen molar-refractivity contribution in [2.24, 2.45) is 11.8 Å². The van der Waals surface area contributed by atoms with Gasteiger partial charge in [-0.1, -0.05) is 62.6 Å². The molecule has 0 radical (unpaired) electrons. The molecule has 0 saturated heterocycles. The summed E-state index contributed by atoms with van der Waals surface area (Å²) in [5, 5.41) is 3.85. The summed E-state index contributed by atoms with van der Waals surface area (Å²) in [6, 6.07) is 13.8. The number of unbranched alkanes of at least 4 members (excludes halogenated alkanes) is 1. The lowest BCUT2D eigenvalue weighted by molar-refractivity contribution is 0.279. The van der Waals surface area contributed by atoms with Crippen LogP contribution in [0.15, 0.2) is 66.0 Å². The number of thioether (sulfide) groups is 1. The molecule has 2 aromatic rings. The highest BCUT2D eigenvalue weighted by atomic mass is 32.2. The Kier molecular flexibility index (Phi) is 11.3. The van der Waals surface area contributed by atoms with Crippen molar-refractivity contribution >= 4 is 28.7 Å². The van der Waals surface area contributed by atoms with Gasteiger partial charge in [-0.3, -0.25) is 0 Å². The molecule has 0 bridgehead atoms. The third-order valence-corrected chi connectivity index (χ3v) is 9.30. The van der Waals surface area contributed by atoms with Crippen LogP contribution >= 0.6 is 11.8 Å². The average Bonchev–Trinajstić information content (AvgIpc) is 3.15. The highest BCUT2D eigenvalue weighted by Crippen LogP contribution is 2.35. The van der Waals surface area contributed by atoms with E-state index in [2.05, 4.69) is 87.0 Å². The normalized spacial score (nSPS) is 19.6. The molecule has 0 fully saturated rings. The van der Waals surface area contributed by atoms with Gasteiger partial charge in [-0.05, 0) is 128 Å². The highest BCUT2D eigenvalue weighted by molar-refractivity contribution is 7.98. The van der Waals surface area contributed by atoms with Crippen LogP contribution in [-0.4, -0.2) is 19.1 Å². The predicted octanol–water partition coefficient (Wildman–Crippen LogP) is 10.4. The Morgan fingerprint density at radius 1 is 1.08 bits per heavy atom. The number of ether oxygens (including phenoxy) is 1. The molecular weight excluding hydrogens is 494 g/mol. The van der Waals surface area contributed by atoms with Crippen LogP contribution in [0.25, 0.3) is 5.57 Å². The Balaban J connectivity index is 1.59. The van der Waals surface area contributed by atoms with Gasteiger partial charge in [0.25, 0.3) is 0 Å². The fourth-order valence-corrected chi connectivity index (χ4v) is 6.69. The van der Waals surface area contributed by atoms with Gasteiger partial charge >= 0.3 is 0 Å². The summed E-state index contributed by atoms with van der Waals surface area (Å²) in [7, 11) is 1.80. The van der Waals surface area contributed by atoms with E-state index < -0.39 is 0 Å². The second kappa shape index (κ2) is 14.8. The SMILES string of the molecule is CCC1=CC(c2cc(Nc3cccc4c3CCCC(CCCCSC)C4)ccc2C)=CC(CC)C=C(OC)C1. The molecule has 1 N–H and O–H groups in total. The molecule has 0 spiro atoms.